The number of aromatic nitrogens is 5. The molecule has 2 aromatic carbocycles. The van der Waals surface area contributed by atoms with Crippen molar-refractivity contribution in [1.82, 2.24) is 24.9 Å². The summed E-state index contributed by atoms with van der Waals surface area (Å²) in [6.07, 6.45) is -8.06. The highest BCUT2D eigenvalue weighted by molar-refractivity contribution is 5.83. The maximum Gasteiger partial charge on any atom is 0.490 e. The van der Waals surface area contributed by atoms with Gasteiger partial charge in [0.1, 0.15) is 5.52 Å². The van der Waals surface area contributed by atoms with Crippen LogP contribution in [0.1, 0.15) is 0 Å². The smallest absolute Gasteiger partial charge is 0.475 e. The van der Waals surface area contributed by atoms with Crippen molar-refractivity contribution in [2.75, 3.05) is 0 Å². The number of rotatable bonds is 2. The van der Waals surface area contributed by atoms with Crippen molar-refractivity contribution in [3.05, 3.63) is 60.9 Å². The fourth-order valence-electron chi connectivity index (χ4n) is 2.72. The average molecular weight is 559 g/mol. The summed E-state index contributed by atoms with van der Waals surface area (Å²) in [6, 6.07) is 13.3. The summed E-state index contributed by atoms with van der Waals surface area (Å²) >= 11 is 0. The summed E-state index contributed by atoms with van der Waals surface area (Å²) in [5.41, 5.74) is 4.61. The van der Waals surface area contributed by atoms with Crippen LogP contribution < -0.4 is 0 Å². The number of alkyl halides is 6. The summed E-state index contributed by atoms with van der Waals surface area (Å²) in [5, 5.41) is 14.2. The predicted molar refractivity (Wildman–Crippen MR) is 117 cm³/mol. The van der Waals surface area contributed by atoms with Gasteiger partial charge in [0.05, 0.1) is 11.0 Å². The van der Waals surface area contributed by atoms with Gasteiger partial charge in [0.2, 0.25) is 0 Å². The van der Waals surface area contributed by atoms with Crippen LogP contribution in [0, 0.1) is 6.08 Å². The minimum absolute atomic E-state index is 0.415. The van der Waals surface area contributed by atoms with Gasteiger partial charge in [-0.3, -0.25) is 0 Å². The molecule has 0 unspecified atom stereocenters. The Labute approximate surface area is 210 Å². The Bertz CT molecular complexity index is 1550. The fraction of sp³-hybridized carbons (Fsp3) is 0.0909. The molecule has 10 nitrogen and oxygen atoms in total. The van der Waals surface area contributed by atoms with Gasteiger partial charge in [0, 0.05) is 18.0 Å². The lowest BCUT2D eigenvalue weighted by atomic mass is 10.1. The monoisotopic (exact) mass is 559 g/mol. The van der Waals surface area contributed by atoms with E-state index in [9.17, 15) is 30.7 Å². The van der Waals surface area contributed by atoms with Gasteiger partial charge in [0.15, 0.2) is 11.4 Å². The number of carbonyl (C=O) groups is 2. The fourth-order valence-corrected chi connectivity index (χ4v) is 2.72. The molecule has 0 radical (unpaired) electrons. The zero-order chi connectivity index (χ0) is 29.0. The Morgan fingerprint density at radius 2 is 1.36 bits per heavy atom. The van der Waals surface area contributed by atoms with Crippen LogP contribution in [-0.4, -0.2) is 59.4 Å². The van der Waals surface area contributed by atoms with E-state index >= 15 is 0 Å². The maximum absolute atomic E-state index is 12.9. The third kappa shape index (κ3) is 7.46. The molecule has 0 atom stereocenters. The summed E-state index contributed by atoms with van der Waals surface area (Å²) in [5.74, 6) is -4.53. The summed E-state index contributed by atoms with van der Waals surface area (Å²) in [6.45, 7) is 0. The molecule has 0 amide bonds. The summed E-state index contributed by atoms with van der Waals surface area (Å²) in [4.78, 5) is 37.1. The molecular formula is C22H12F7N5O5. The quantitative estimate of drug-likeness (QED) is 0.195. The highest BCUT2D eigenvalue weighted by Gasteiger charge is 2.38. The van der Waals surface area contributed by atoms with Crippen molar-refractivity contribution in [2.24, 2.45) is 0 Å². The van der Waals surface area contributed by atoms with Gasteiger partial charge in [-0.1, -0.05) is 18.2 Å². The number of carboxylic acid groups (broad SMARTS) is 2. The van der Waals surface area contributed by atoms with Crippen LogP contribution in [0.3, 0.4) is 0 Å². The van der Waals surface area contributed by atoms with Gasteiger partial charge in [-0.2, -0.15) is 30.7 Å². The molecular weight excluding hydrogens is 547 g/mol. The molecule has 204 valence electrons. The molecule has 3 heterocycles. The number of nitrogens with zero attached hydrogens (tertiary/aromatic N) is 4. The SMILES string of the molecule is Fc1ncc(-c2ccc3nc(-c4nc5ccccc5[nH]4)oc3c2)cn1.O=C(O)C(F)(F)F.O=C(O)C(F)(F)F. The van der Waals surface area contributed by atoms with Gasteiger partial charge in [0.25, 0.3) is 5.89 Å². The summed E-state index contributed by atoms with van der Waals surface area (Å²) < 4.78 is 82.2. The minimum Gasteiger partial charge on any atom is -0.475 e. The number of halogens is 7. The number of fused-ring (bicyclic) bond motifs is 2. The third-order valence-corrected chi connectivity index (χ3v) is 4.42. The van der Waals surface area contributed by atoms with Crippen molar-refractivity contribution in [2.45, 2.75) is 12.4 Å². The first-order chi connectivity index (χ1) is 18.1. The molecule has 0 spiro atoms. The first-order valence-corrected chi connectivity index (χ1v) is 10.1. The van der Waals surface area contributed by atoms with Crippen molar-refractivity contribution >= 4 is 34.1 Å². The number of hydrogen-bond donors (Lipinski definition) is 3. The second-order valence-electron chi connectivity index (χ2n) is 7.15. The minimum atomic E-state index is -5.08. The molecule has 0 aliphatic rings. The van der Waals surface area contributed by atoms with Crippen molar-refractivity contribution in [3.8, 4) is 22.8 Å². The molecule has 0 aliphatic carbocycles. The normalized spacial score (nSPS) is 11.4. The van der Waals surface area contributed by atoms with Crippen LogP contribution in [-0.2, 0) is 9.59 Å². The van der Waals surface area contributed by atoms with Crippen molar-refractivity contribution in [1.29, 1.82) is 0 Å². The molecule has 0 saturated heterocycles. The molecule has 0 bridgehead atoms. The molecule has 39 heavy (non-hydrogen) atoms. The van der Waals surface area contributed by atoms with E-state index in [1.807, 2.05) is 42.5 Å². The number of aromatic amines is 1. The molecule has 3 N–H and O–H groups in total. The number of imidazole rings is 1. The lowest BCUT2D eigenvalue weighted by Gasteiger charge is -1.99. The van der Waals surface area contributed by atoms with Gasteiger partial charge in [-0.05, 0) is 29.8 Å². The Balaban J connectivity index is 0.000000251. The second-order valence-corrected chi connectivity index (χ2v) is 7.15. The van der Waals surface area contributed by atoms with Gasteiger partial charge in [-0.15, -0.1) is 0 Å². The maximum atomic E-state index is 12.9. The highest BCUT2D eigenvalue weighted by atomic mass is 19.4. The molecule has 3 aromatic heterocycles. The van der Waals surface area contributed by atoms with Crippen molar-refractivity contribution < 1.29 is 55.0 Å². The Morgan fingerprint density at radius 3 is 1.90 bits per heavy atom. The van der Waals surface area contributed by atoms with Gasteiger partial charge < -0.3 is 19.6 Å². The van der Waals surface area contributed by atoms with E-state index in [2.05, 4.69) is 24.9 Å². The van der Waals surface area contributed by atoms with Crippen LogP contribution in [0.4, 0.5) is 30.7 Å². The number of oxazole rings is 1. The van der Waals surface area contributed by atoms with E-state index in [1.165, 1.54) is 12.4 Å². The van der Waals surface area contributed by atoms with Gasteiger partial charge in [-0.25, -0.2) is 29.5 Å². The van der Waals surface area contributed by atoms with Gasteiger partial charge >= 0.3 is 30.4 Å². The Hall–Kier alpha value is -5.09. The van der Waals surface area contributed by atoms with E-state index in [0.717, 1.165) is 16.6 Å². The average Bonchev–Trinajstić information content (AvgIpc) is 3.48. The third-order valence-electron chi connectivity index (χ3n) is 4.42. The van der Waals surface area contributed by atoms with E-state index in [0.29, 0.717) is 28.4 Å². The number of nitrogens with one attached hydrogen (secondary N) is 1. The molecule has 0 fully saturated rings. The zero-order valence-corrected chi connectivity index (χ0v) is 18.7. The van der Waals surface area contributed by atoms with E-state index in [4.69, 9.17) is 24.2 Å². The molecule has 5 aromatic rings. The number of aliphatic carboxylic acids is 2. The first-order valence-electron chi connectivity index (χ1n) is 10.1. The molecule has 0 saturated carbocycles. The standard InChI is InChI=1S/C18H10FN5O.2C2HF3O2/c19-18-20-8-11(9-21-18)10-5-6-14-15(7-10)25-17(24-14)16-22-12-3-1-2-4-13(12)23-16;2*3-2(4,5)1(6)7/h1-9H,(H,22,23);2*(H,6,7). The predicted octanol–water partition coefficient (Wildman–Crippen LogP) is 5.23. The molecule has 5 rings (SSSR count). The second kappa shape index (κ2) is 11.1. The van der Waals surface area contributed by atoms with E-state index < -0.39 is 30.4 Å². The first kappa shape index (κ1) is 28.5. The molecule has 17 heteroatoms. The van der Waals surface area contributed by atoms with E-state index in [1.54, 1.807) is 0 Å². The Kier molecular flexibility index (Phi) is 8.12. The van der Waals surface area contributed by atoms with E-state index in [-0.39, 0.29) is 0 Å². The number of para-hydroxylation sites is 2. The highest BCUT2D eigenvalue weighted by Crippen LogP contribution is 2.28. The lowest BCUT2D eigenvalue weighted by molar-refractivity contribution is -0.193. The molecule has 0 aliphatic heterocycles. The van der Waals surface area contributed by atoms with Crippen LogP contribution in [0.5, 0.6) is 0 Å². The van der Waals surface area contributed by atoms with Crippen LogP contribution in [0.25, 0.3) is 45.0 Å². The van der Waals surface area contributed by atoms with Crippen molar-refractivity contribution in [3.63, 3.8) is 0 Å². The van der Waals surface area contributed by atoms with Crippen LogP contribution >= 0.6 is 0 Å². The Morgan fingerprint density at radius 1 is 0.795 bits per heavy atom. The topological polar surface area (TPSA) is 155 Å². The largest absolute Gasteiger partial charge is 0.490 e. The lowest BCUT2D eigenvalue weighted by Crippen LogP contribution is -2.21. The number of H-pyrrole nitrogens is 1. The zero-order valence-electron chi connectivity index (χ0n) is 18.7. The summed E-state index contributed by atoms with van der Waals surface area (Å²) in [7, 11) is 0. The number of hydrogen-bond acceptors (Lipinski definition) is 7. The number of benzene rings is 2. The van der Waals surface area contributed by atoms with Crippen LogP contribution in [0.2, 0.25) is 0 Å². The number of carboxylic acids is 2. The van der Waals surface area contributed by atoms with Crippen LogP contribution in [0.15, 0.2) is 59.3 Å².